The Morgan fingerprint density at radius 1 is 1.06 bits per heavy atom. The fourth-order valence-electron chi connectivity index (χ4n) is 3.83. The predicted octanol–water partition coefficient (Wildman–Crippen LogP) is 4.99. The molecule has 1 amide bonds. The zero-order chi connectivity index (χ0) is 22.4. The van der Waals surface area contributed by atoms with Crippen LogP contribution in [-0.4, -0.2) is 53.0 Å². The van der Waals surface area contributed by atoms with Gasteiger partial charge in [-0.15, -0.1) is 0 Å². The Morgan fingerprint density at radius 3 is 2.48 bits per heavy atom. The van der Waals surface area contributed by atoms with Gasteiger partial charge in [-0.25, -0.2) is 9.97 Å². The Bertz CT molecular complexity index is 1030. The van der Waals surface area contributed by atoms with Gasteiger partial charge in [-0.05, 0) is 44.4 Å². The Labute approximate surface area is 186 Å². The van der Waals surface area contributed by atoms with Crippen LogP contribution in [0.1, 0.15) is 45.2 Å². The summed E-state index contributed by atoms with van der Waals surface area (Å²) in [5, 5.41) is 5.10. The molecule has 6 nitrogen and oxygen atoms in total. The summed E-state index contributed by atoms with van der Waals surface area (Å²) in [5.41, 5.74) is 1.49. The number of aryl methyl sites for hydroxylation is 1. The van der Waals surface area contributed by atoms with Gasteiger partial charge in [-0.3, -0.25) is 9.69 Å². The highest BCUT2D eigenvalue weighted by molar-refractivity contribution is 6.05. The molecule has 6 heteroatoms. The summed E-state index contributed by atoms with van der Waals surface area (Å²) in [7, 11) is 0. The minimum Gasteiger partial charge on any atom is -0.354 e. The van der Waals surface area contributed by atoms with Crippen molar-refractivity contribution < 1.29 is 6.22 Å². The van der Waals surface area contributed by atoms with E-state index in [1.165, 1.54) is 0 Å². The van der Waals surface area contributed by atoms with Crippen molar-refractivity contribution in [3.63, 3.8) is 0 Å². The molecule has 0 radical (unpaired) electrons. The minimum atomic E-state index is -0.170. The van der Waals surface area contributed by atoms with E-state index < -0.39 is 0 Å². The Morgan fingerprint density at radius 2 is 1.77 bits per heavy atom. The first kappa shape index (κ1) is 22.7. The third-order valence-corrected chi connectivity index (χ3v) is 5.55. The second kappa shape index (κ2) is 10.4. The lowest BCUT2D eigenvalue weighted by Gasteiger charge is -2.37. The van der Waals surface area contributed by atoms with Crippen molar-refractivity contribution in [3.05, 3.63) is 59.9 Å². The van der Waals surface area contributed by atoms with Crippen LogP contribution >= 0.6 is 0 Å². The number of carbonyl (C=O) groups is 1. The van der Waals surface area contributed by atoms with Gasteiger partial charge in [0.25, 0.3) is 5.91 Å². The van der Waals surface area contributed by atoms with Gasteiger partial charge in [0, 0.05) is 56.5 Å². The van der Waals surface area contributed by atoms with Crippen LogP contribution in [0.5, 0.6) is 0 Å². The summed E-state index contributed by atoms with van der Waals surface area (Å²) >= 11 is 0. The number of rotatable bonds is 4. The molecule has 166 valence electrons. The number of piperazine rings is 1. The molecular formula is C25H35N5O. The highest BCUT2D eigenvalue weighted by Crippen LogP contribution is 2.21. The van der Waals surface area contributed by atoms with Crippen molar-refractivity contribution >= 4 is 28.3 Å². The van der Waals surface area contributed by atoms with Gasteiger partial charge in [0.15, 0.2) is 0 Å². The molecule has 0 aliphatic carbocycles. The molecule has 1 fully saturated rings. The predicted molar refractivity (Wildman–Crippen MR) is 131 cm³/mol. The van der Waals surface area contributed by atoms with E-state index in [2.05, 4.69) is 38.9 Å². The van der Waals surface area contributed by atoms with Gasteiger partial charge in [-0.2, -0.15) is 0 Å². The molecule has 0 unspecified atom stereocenters. The molecule has 0 spiro atoms. The molecule has 2 aromatic heterocycles. The van der Waals surface area contributed by atoms with Gasteiger partial charge >= 0.3 is 0 Å². The first-order chi connectivity index (χ1) is 15.0. The molecule has 1 saturated heterocycles. The highest BCUT2D eigenvalue weighted by Gasteiger charge is 2.20. The highest BCUT2D eigenvalue weighted by atomic mass is 16.1. The van der Waals surface area contributed by atoms with Crippen molar-refractivity contribution in [2.45, 2.75) is 40.7 Å². The number of anilines is 2. The lowest BCUT2D eigenvalue weighted by Crippen LogP contribution is -2.49. The van der Waals surface area contributed by atoms with Gasteiger partial charge in [-0.1, -0.05) is 38.1 Å². The fraction of sp³-hybridized carbons (Fsp3) is 0.400. The number of hydrogen-bond donors (Lipinski definition) is 1. The van der Waals surface area contributed by atoms with Crippen molar-refractivity contribution in [3.8, 4) is 0 Å². The lowest BCUT2D eigenvalue weighted by atomic mass is 10.1. The van der Waals surface area contributed by atoms with E-state index in [0.29, 0.717) is 17.4 Å². The Hall–Kier alpha value is -2.99. The molecule has 31 heavy (non-hydrogen) atoms. The van der Waals surface area contributed by atoms with E-state index >= 15 is 0 Å². The quantitative estimate of drug-likeness (QED) is 0.643. The second-order valence-corrected chi connectivity index (χ2v) is 7.79. The summed E-state index contributed by atoms with van der Waals surface area (Å²) in [6.07, 6.45) is 1.71. The first-order valence-electron chi connectivity index (χ1n) is 11.1. The van der Waals surface area contributed by atoms with Crippen molar-refractivity contribution in [2.75, 3.05) is 36.4 Å². The van der Waals surface area contributed by atoms with Gasteiger partial charge in [0.1, 0.15) is 11.6 Å². The van der Waals surface area contributed by atoms with Gasteiger partial charge < -0.3 is 10.2 Å². The summed E-state index contributed by atoms with van der Waals surface area (Å²) in [5.74, 6) is 1.25. The fourth-order valence-corrected chi connectivity index (χ4v) is 3.83. The monoisotopic (exact) mass is 421 g/mol. The lowest BCUT2D eigenvalue weighted by molar-refractivity contribution is 0.102. The van der Waals surface area contributed by atoms with Crippen molar-refractivity contribution in [2.24, 2.45) is 0 Å². The molecule has 0 atom stereocenters. The Balaban J connectivity index is 0.00000118. The van der Waals surface area contributed by atoms with E-state index in [0.717, 1.165) is 48.5 Å². The number of fused-ring (bicyclic) bond motifs is 1. The van der Waals surface area contributed by atoms with Crippen LogP contribution in [0.15, 0.2) is 48.7 Å². The molecule has 1 N–H and O–H groups in total. The average molecular weight is 422 g/mol. The van der Waals surface area contributed by atoms with Crippen LogP contribution in [0.25, 0.3) is 10.8 Å². The molecule has 1 aliphatic heterocycles. The normalized spacial score (nSPS) is 14.3. The molecule has 0 saturated carbocycles. The standard InChI is InChI=1S/C23H27N5O.C2H6.H2/c1-16(2)27-10-12-28(13-11-27)22-15-19(8-9-24-22)23(29)26-21-14-18-6-4-5-7-20(18)17(3)25-21;1-2;/h4-9,14-16H,10-13H2,1-3H3,(H,25,26,29);1-2H3;1H. The summed E-state index contributed by atoms with van der Waals surface area (Å²) in [4.78, 5) is 26.6. The zero-order valence-electron chi connectivity index (χ0n) is 19.2. The molecule has 0 bridgehead atoms. The van der Waals surface area contributed by atoms with E-state index in [-0.39, 0.29) is 7.33 Å². The maximum atomic E-state index is 12.8. The molecular weight excluding hydrogens is 386 g/mol. The van der Waals surface area contributed by atoms with Gasteiger partial charge in [0.2, 0.25) is 0 Å². The number of amides is 1. The number of carbonyl (C=O) groups excluding carboxylic acids is 1. The second-order valence-electron chi connectivity index (χ2n) is 7.79. The number of aromatic nitrogens is 2. The summed E-state index contributed by atoms with van der Waals surface area (Å²) in [6.45, 7) is 14.3. The number of pyridine rings is 2. The maximum Gasteiger partial charge on any atom is 0.257 e. The van der Waals surface area contributed by atoms with E-state index in [9.17, 15) is 4.79 Å². The van der Waals surface area contributed by atoms with Crippen molar-refractivity contribution in [1.29, 1.82) is 0 Å². The summed E-state index contributed by atoms with van der Waals surface area (Å²) in [6, 6.07) is 14.1. The maximum absolute atomic E-state index is 12.8. The molecule has 1 aliphatic rings. The van der Waals surface area contributed by atoms with E-state index in [1.807, 2.05) is 57.2 Å². The number of benzene rings is 1. The van der Waals surface area contributed by atoms with Gasteiger partial charge in [0.05, 0.1) is 0 Å². The van der Waals surface area contributed by atoms with Crippen LogP contribution < -0.4 is 10.2 Å². The first-order valence-corrected chi connectivity index (χ1v) is 11.1. The molecule has 1 aromatic carbocycles. The molecule has 4 rings (SSSR count). The van der Waals surface area contributed by atoms with E-state index in [4.69, 9.17) is 0 Å². The molecule has 3 heterocycles. The Kier molecular flexibility index (Phi) is 7.58. The largest absolute Gasteiger partial charge is 0.354 e. The zero-order valence-corrected chi connectivity index (χ0v) is 19.2. The third-order valence-electron chi connectivity index (χ3n) is 5.55. The SMILES string of the molecule is CC.Cc1nc(NC(=O)c2ccnc(N3CCN(C(C)C)CC3)c2)cc2ccccc12.[HH]. The van der Waals surface area contributed by atoms with Crippen molar-refractivity contribution in [1.82, 2.24) is 14.9 Å². The van der Waals surface area contributed by atoms with Crippen LogP contribution in [0.4, 0.5) is 11.6 Å². The van der Waals surface area contributed by atoms with Crippen LogP contribution in [0.3, 0.4) is 0 Å². The van der Waals surface area contributed by atoms with Crippen LogP contribution in [0.2, 0.25) is 0 Å². The minimum absolute atomic E-state index is 0. The average Bonchev–Trinajstić information content (AvgIpc) is 2.80. The topological polar surface area (TPSA) is 61.4 Å². The number of nitrogens with one attached hydrogen (secondary N) is 1. The smallest absolute Gasteiger partial charge is 0.257 e. The summed E-state index contributed by atoms with van der Waals surface area (Å²) < 4.78 is 0. The van der Waals surface area contributed by atoms with E-state index in [1.54, 1.807) is 12.3 Å². The third kappa shape index (κ3) is 5.39. The van der Waals surface area contributed by atoms with Crippen LogP contribution in [-0.2, 0) is 0 Å². The number of hydrogen-bond acceptors (Lipinski definition) is 5. The van der Waals surface area contributed by atoms with Crippen LogP contribution in [0, 0.1) is 6.92 Å². The number of nitrogens with zero attached hydrogens (tertiary/aromatic N) is 4. The molecule has 3 aromatic rings.